The number of hydrogen-bond donors (Lipinski definition) is 1. The molecule has 0 radical (unpaired) electrons. The molecule has 4 rings (SSSR count). The highest BCUT2D eigenvalue weighted by Gasteiger charge is 2.34. The summed E-state index contributed by atoms with van der Waals surface area (Å²) < 4.78 is 2.30. The van der Waals surface area contributed by atoms with E-state index < -0.39 is 0 Å². The zero-order valence-corrected chi connectivity index (χ0v) is 15.8. The summed E-state index contributed by atoms with van der Waals surface area (Å²) in [7, 11) is 0. The number of nitrogens with one attached hydrogen (secondary N) is 1. The molecule has 3 heterocycles. The fourth-order valence-electron chi connectivity index (χ4n) is 2.84. The molecule has 1 aliphatic rings. The van der Waals surface area contributed by atoms with Crippen LogP contribution >= 0.6 is 15.9 Å². The van der Waals surface area contributed by atoms with Gasteiger partial charge in [0.25, 0.3) is 0 Å². The van der Waals surface area contributed by atoms with Crippen molar-refractivity contribution in [1.29, 1.82) is 0 Å². The summed E-state index contributed by atoms with van der Waals surface area (Å²) in [4.78, 5) is 43.1. The quantitative estimate of drug-likeness (QED) is 0.637. The molecule has 3 aromatic heterocycles. The molecule has 1 N–H and O–H groups in total. The van der Waals surface area contributed by atoms with Crippen molar-refractivity contribution in [2.45, 2.75) is 25.4 Å². The normalized spacial score (nSPS) is 13.5. The molecular formula is C17H16BrN7O2. The lowest BCUT2D eigenvalue weighted by Gasteiger charge is -2.22. The van der Waals surface area contributed by atoms with Gasteiger partial charge >= 0.3 is 0 Å². The van der Waals surface area contributed by atoms with Crippen molar-refractivity contribution in [3.8, 4) is 0 Å². The van der Waals surface area contributed by atoms with Crippen LogP contribution in [0, 0.1) is 0 Å². The first-order chi connectivity index (χ1) is 13.1. The molecule has 1 saturated carbocycles. The van der Waals surface area contributed by atoms with Crippen molar-refractivity contribution in [2.75, 3.05) is 11.9 Å². The van der Waals surface area contributed by atoms with Crippen LogP contribution < -0.4 is 5.32 Å². The maximum atomic E-state index is 12.8. The number of carbonyl (C=O) groups is 2. The van der Waals surface area contributed by atoms with Crippen LogP contribution in [-0.4, -0.2) is 53.8 Å². The molecule has 1 aliphatic carbocycles. The summed E-state index contributed by atoms with van der Waals surface area (Å²) >= 11 is 3.21. The maximum Gasteiger partial charge on any atom is 0.245 e. The van der Waals surface area contributed by atoms with Crippen molar-refractivity contribution >= 4 is 44.6 Å². The molecule has 138 valence electrons. The van der Waals surface area contributed by atoms with Crippen LogP contribution in [0.1, 0.15) is 12.8 Å². The number of anilines is 1. The van der Waals surface area contributed by atoms with Gasteiger partial charge in [-0.25, -0.2) is 15.0 Å². The second-order valence-corrected chi connectivity index (χ2v) is 7.09. The van der Waals surface area contributed by atoms with Crippen LogP contribution in [0.2, 0.25) is 0 Å². The van der Waals surface area contributed by atoms with E-state index in [0.29, 0.717) is 16.1 Å². The lowest BCUT2D eigenvalue weighted by molar-refractivity contribution is -0.135. The minimum atomic E-state index is -0.303. The maximum absolute atomic E-state index is 12.8. The highest BCUT2D eigenvalue weighted by atomic mass is 79.9. The summed E-state index contributed by atoms with van der Waals surface area (Å²) in [5, 5.41) is 3.55. The van der Waals surface area contributed by atoms with Crippen LogP contribution in [0.3, 0.4) is 0 Å². The van der Waals surface area contributed by atoms with Crippen molar-refractivity contribution < 1.29 is 9.59 Å². The van der Waals surface area contributed by atoms with E-state index in [1.54, 1.807) is 21.9 Å². The zero-order chi connectivity index (χ0) is 18.8. The number of rotatable bonds is 6. The van der Waals surface area contributed by atoms with E-state index in [4.69, 9.17) is 0 Å². The highest BCUT2D eigenvalue weighted by Crippen LogP contribution is 2.27. The van der Waals surface area contributed by atoms with Crippen LogP contribution in [0.25, 0.3) is 11.0 Å². The van der Waals surface area contributed by atoms with Gasteiger partial charge in [-0.2, -0.15) is 0 Å². The third kappa shape index (κ3) is 4.11. The first-order valence-electron chi connectivity index (χ1n) is 8.42. The molecule has 0 atom stereocenters. The molecule has 0 bridgehead atoms. The van der Waals surface area contributed by atoms with Gasteiger partial charge in [-0.3, -0.25) is 14.6 Å². The lowest BCUT2D eigenvalue weighted by atomic mass is 10.4. The third-order valence-electron chi connectivity index (χ3n) is 4.22. The second kappa shape index (κ2) is 7.39. The Hall–Kier alpha value is -2.88. The monoisotopic (exact) mass is 429 g/mol. The van der Waals surface area contributed by atoms with E-state index in [0.717, 1.165) is 18.2 Å². The van der Waals surface area contributed by atoms with Gasteiger partial charge in [0.15, 0.2) is 5.82 Å². The highest BCUT2D eigenvalue weighted by molar-refractivity contribution is 9.10. The molecule has 10 heteroatoms. The molecule has 0 unspecified atom stereocenters. The average Bonchev–Trinajstić information content (AvgIpc) is 3.41. The van der Waals surface area contributed by atoms with Crippen LogP contribution in [-0.2, 0) is 16.1 Å². The van der Waals surface area contributed by atoms with Gasteiger partial charge in [-0.15, -0.1) is 0 Å². The number of hydrogen-bond acceptors (Lipinski definition) is 6. The van der Waals surface area contributed by atoms with Gasteiger partial charge in [0.2, 0.25) is 11.8 Å². The first kappa shape index (κ1) is 17.5. The lowest BCUT2D eigenvalue weighted by Crippen LogP contribution is -2.41. The average molecular weight is 430 g/mol. The second-order valence-electron chi connectivity index (χ2n) is 6.27. The Labute approximate surface area is 163 Å². The number of aromatic nitrogens is 5. The number of fused-ring (bicyclic) bond motifs is 1. The summed E-state index contributed by atoms with van der Waals surface area (Å²) in [5.74, 6) is -0.0860. The topological polar surface area (TPSA) is 106 Å². The summed E-state index contributed by atoms with van der Waals surface area (Å²) in [5.41, 5.74) is 0.697. The predicted molar refractivity (Wildman–Crippen MR) is 101 cm³/mol. The molecule has 1 fully saturated rings. The van der Waals surface area contributed by atoms with E-state index in [2.05, 4.69) is 41.2 Å². The molecule has 2 amide bonds. The smallest absolute Gasteiger partial charge is 0.245 e. The van der Waals surface area contributed by atoms with E-state index in [1.165, 1.54) is 18.7 Å². The molecule has 9 nitrogen and oxygen atoms in total. The first-order valence-corrected chi connectivity index (χ1v) is 9.21. The standard InChI is InChI=1S/C17H16BrN7O2/c18-13-6-19-7-14(22-13)23-15(26)8-25(12-1-2-12)16(27)9-24-4-3-11-5-20-10-21-17(11)24/h3-7,10,12H,1-2,8-9H2,(H,22,23,26). The summed E-state index contributed by atoms with van der Waals surface area (Å²) in [6.45, 7) is 0.104. The van der Waals surface area contributed by atoms with Crippen molar-refractivity contribution in [2.24, 2.45) is 0 Å². The Morgan fingerprint density at radius 1 is 1.26 bits per heavy atom. The zero-order valence-electron chi connectivity index (χ0n) is 14.2. The molecule has 27 heavy (non-hydrogen) atoms. The van der Waals surface area contributed by atoms with E-state index in [9.17, 15) is 9.59 Å². The summed E-state index contributed by atoms with van der Waals surface area (Å²) in [6.07, 6.45) is 9.76. The minimum Gasteiger partial charge on any atom is -0.329 e. The van der Waals surface area contributed by atoms with Gasteiger partial charge in [0, 0.05) is 23.8 Å². The largest absolute Gasteiger partial charge is 0.329 e. The third-order valence-corrected chi connectivity index (χ3v) is 4.61. The van der Waals surface area contributed by atoms with E-state index >= 15 is 0 Å². The molecule has 0 spiro atoms. The van der Waals surface area contributed by atoms with Crippen molar-refractivity contribution in [3.63, 3.8) is 0 Å². The SMILES string of the molecule is O=C(CN(C(=O)Cn1ccc2cncnc21)C1CC1)Nc1cncc(Br)n1. The molecular weight excluding hydrogens is 414 g/mol. The van der Waals surface area contributed by atoms with Crippen LogP contribution in [0.15, 0.2) is 41.8 Å². The predicted octanol–water partition coefficient (Wildman–Crippen LogP) is 1.61. The number of amides is 2. The fraction of sp³-hybridized carbons (Fsp3) is 0.294. The van der Waals surface area contributed by atoms with Crippen molar-refractivity contribution in [1.82, 2.24) is 29.4 Å². The Morgan fingerprint density at radius 2 is 2.11 bits per heavy atom. The van der Waals surface area contributed by atoms with Gasteiger partial charge in [-0.1, -0.05) is 0 Å². The van der Waals surface area contributed by atoms with Gasteiger partial charge in [0.1, 0.15) is 29.7 Å². The van der Waals surface area contributed by atoms with Gasteiger partial charge < -0.3 is 14.8 Å². The Bertz CT molecular complexity index is 1000. The molecule has 0 aliphatic heterocycles. The van der Waals surface area contributed by atoms with Crippen molar-refractivity contribution in [3.05, 3.63) is 41.8 Å². The van der Waals surface area contributed by atoms with Crippen LogP contribution in [0.5, 0.6) is 0 Å². The molecule has 0 saturated heterocycles. The van der Waals surface area contributed by atoms with Crippen LogP contribution in [0.4, 0.5) is 5.82 Å². The fourth-order valence-corrected chi connectivity index (χ4v) is 3.15. The molecule has 0 aromatic carbocycles. The Kier molecular flexibility index (Phi) is 4.80. The van der Waals surface area contributed by atoms with E-state index in [1.807, 2.05) is 6.07 Å². The summed E-state index contributed by atoms with van der Waals surface area (Å²) in [6, 6.07) is 1.97. The number of nitrogens with zero attached hydrogens (tertiary/aromatic N) is 6. The number of halogens is 1. The Morgan fingerprint density at radius 3 is 2.89 bits per heavy atom. The van der Waals surface area contributed by atoms with Gasteiger partial charge in [-0.05, 0) is 34.8 Å². The minimum absolute atomic E-state index is 0.0219. The Balaban J connectivity index is 1.44. The van der Waals surface area contributed by atoms with Gasteiger partial charge in [0.05, 0.1) is 12.4 Å². The number of carbonyl (C=O) groups excluding carboxylic acids is 2. The van der Waals surface area contributed by atoms with E-state index in [-0.39, 0.29) is 30.9 Å². The molecule has 3 aromatic rings.